The first kappa shape index (κ1) is 13.2. The summed E-state index contributed by atoms with van der Waals surface area (Å²) < 4.78 is 0.904. The molecule has 0 aliphatic heterocycles. The SMILES string of the molecule is CCC(C)(C#N)C(C)(O)c1cccc(Br)c1. The fourth-order valence-corrected chi connectivity index (χ4v) is 2.04. The average Bonchev–Trinajstić information content (AvgIpc) is 2.27. The summed E-state index contributed by atoms with van der Waals surface area (Å²) in [6.07, 6.45) is 0.600. The third kappa shape index (κ3) is 2.14. The molecule has 0 fully saturated rings. The lowest BCUT2D eigenvalue weighted by Gasteiger charge is -2.37. The molecule has 0 spiro atoms. The summed E-state index contributed by atoms with van der Waals surface area (Å²) in [5.41, 5.74) is -1.18. The quantitative estimate of drug-likeness (QED) is 0.920. The van der Waals surface area contributed by atoms with Crippen LogP contribution in [0.3, 0.4) is 0 Å². The van der Waals surface area contributed by atoms with E-state index in [1.165, 1.54) is 0 Å². The third-order valence-electron chi connectivity index (χ3n) is 3.42. The Morgan fingerprint density at radius 1 is 1.44 bits per heavy atom. The Labute approximate surface area is 105 Å². The fourth-order valence-electron chi connectivity index (χ4n) is 1.64. The van der Waals surface area contributed by atoms with Crippen LogP contribution in [0.25, 0.3) is 0 Å². The first-order valence-corrected chi connectivity index (χ1v) is 6.06. The molecule has 0 aliphatic rings. The maximum Gasteiger partial charge on any atom is 0.105 e. The van der Waals surface area contributed by atoms with E-state index in [0.717, 1.165) is 10.0 Å². The molecule has 1 aromatic rings. The second-order valence-electron chi connectivity index (χ2n) is 4.38. The molecule has 0 bridgehead atoms. The standard InChI is InChI=1S/C13H16BrNO/c1-4-12(2,9-15)13(3,16)10-6-5-7-11(14)8-10/h5-8,16H,4H2,1-3H3. The van der Waals surface area contributed by atoms with Gasteiger partial charge in [-0.3, -0.25) is 0 Å². The highest BCUT2D eigenvalue weighted by Crippen LogP contribution is 2.42. The van der Waals surface area contributed by atoms with E-state index in [1.807, 2.05) is 31.2 Å². The Balaban J connectivity index is 3.26. The van der Waals surface area contributed by atoms with Crippen LogP contribution in [0.15, 0.2) is 28.7 Å². The number of nitrogens with zero attached hydrogens (tertiary/aromatic N) is 1. The zero-order chi connectivity index (χ0) is 12.4. The summed E-state index contributed by atoms with van der Waals surface area (Å²) in [5, 5.41) is 19.8. The molecule has 0 aliphatic carbocycles. The minimum atomic E-state index is -1.15. The summed E-state index contributed by atoms with van der Waals surface area (Å²) >= 11 is 3.37. The second-order valence-corrected chi connectivity index (χ2v) is 5.30. The van der Waals surface area contributed by atoms with E-state index in [1.54, 1.807) is 13.8 Å². The molecule has 0 saturated carbocycles. The molecule has 86 valence electrons. The van der Waals surface area contributed by atoms with Crippen molar-refractivity contribution in [2.24, 2.45) is 5.41 Å². The lowest BCUT2D eigenvalue weighted by Crippen LogP contribution is -2.40. The molecule has 16 heavy (non-hydrogen) atoms. The summed E-state index contributed by atoms with van der Waals surface area (Å²) in [6.45, 7) is 5.39. The topological polar surface area (TPSA) is 44.0 Å². The maximum absolute atomic E-state index is 10.6. The molecule has 0 radical (unpaired) electrons. The Morgan fingerprint density at radius 3 is 2.50 bits per heavy atom. The molecule has 1 N–H and O–H groups in total. The van der Waals surface area contributed by atoms with E-state index in [2.05, 4.69) is 22.0 Å². The predicted molar refractivity (Wildman–Crippen MR) is 67.7 cm³/mol. The van der Waals surface area contributed by atoms with Crippen LogP contribution in [-0.4, -0.2) is 5.11 Å². The molecule has 0 heterocycles. The summed E-state index contributed by atoms with van der Waals surface area (Å²) in [6, 6.07) is 9.68. The van der Waals surface area contributed by atoms with Crippen molar-refractivity contribution in [2.45, 2.75) is 32.8 Å². The molecule has 2 nitrogen and oxygen atoms in total. The van der Waals surface area contributed by atoms with Crippen molar-refractivity contribution < 1.29 is 5.11 Å². The molecule has 0 saturated heterocycles. The first-order valence-electron chi connectivity index (χ1n) is 5.27. The summed E-state index contributed by atoms with van der Waals surface area (Å²) in [5.74, 6) is 0. The van der Waals surface area contributed by atoms with Crippen molar-refractivity contribution in [1.29, 1.82) is 5.26 Å². The molecular weight excluding hydrogens is 266 g/mol. The summed E-state index contributed by atoms with van der Waals surface area (Å²) in [4.78, 5) is 0. The molecule has 0 amide bonds. The van der Waals surface area contributed by atoms with Crippen molar-refractivity contribution in [3.8, 4) is 6.07 Å². The second kappa shape index (κ2) is 4.57. The van der Waals surface area contributed by atoms with Gasteiger partial charge in [0.05, 0.1) is 11.5 Å². The highest BCUT2D eigenvalue weighted by atomic mass is 79.9. The Morgan fingerprint density at radius 2 is 2.06 bits per heavy atom. The van der Waals surface area contributed by atoms with E-state index in [-0.39, 0.29) is 0 Å². The zero-order valence-electron chi connectivity index (χ0n) is 9.79. The van der Waals surface area contributed by atoms with Gasteiger partial charge in [0.25, 0.3) is 0 Å². The van der Waals surface area contributed by atoms with Gasteiger partial charge in [0.1, 0.15) is 5.60 Å². The van der Waals surface area contributed by atoms with E-state index in [4.69, 9.17) is 0 Å². The van der Waals surface area contributed by atoms with Crippen LogP contribution in [0.4, 0.5) is 0 Å². The molecular formula is C13H16BrNO. The van der Waals surface area contributed by atoms with Crippen molar-refractivity contribution in [3.05, 3.63) is 34.3 Å². The van der Waals surface area contributed by atoms with Gasteiger partial charge in [-0.2, -0.15) is 5.26 Å². The number of hydrogen-bond donors (Lipinski definition) is 1. The molecule has 2 atom stereocenters. The number of nitriles is 1. The number of benzene rings is 1. The van der Waals surface area contributed by atoms with Gasteiger partial charge in [0, 0.05) is 4.47 Å². The van der Waals surface area contributed by atoms with Crippen molar-refractivity contribution in [3.63, 3.8) is 0 Å². The Hall–Kier alpha value is -0.850. The van der Waals surface area contributed by atoms with Gasteiger partial charge in [-0.1, -0.05) is 35.0 Å². The highest BCUT2D eigenvalue weighted by molar-refractivity contribution is 9.10. The van der Waals surface area contributed by atoms with Crippen LogP contribution < -0.4 is 0 Å². The number of rotatable bonds is 3. The van der Waals surface area contributed by atoms with E-state index in [0.29, 0.717) is 6.42 Å². The van der Waals surface area contributed by atoms with Gasteiger partial charge in [-0.25, -0.2) is 0 Å². The smallest absolute Gasteiger partial charge is 0.105 e. The molecule has 2 unspecified atom stereocenters. The predicted octanol–water partition coefficient (Wildman–Crippen LogP) is 3.60. The molecule has 3 heteroatoms. The molecule has 1 rings (SSSR count). The Bertz CT molecular complexity index is 422. The Kier molecular flexibility index (Phi) is 3.77. The fraction of sp³-hybridized carbons (Fsp3) is 0.462. The van der Waals surface area contributed by atoms with E-state index >= 15 is 0 Å². The van der Waals surface area contributed by atoms with Crippen LogP contribution >= 0.6 is 15.9 Å². The average molecular weight is 282 g/mol. The van der Waals surface area contributed by atoms with Crippen LogP contribution in [0.2, 0.25) is 0 Å². The highest BCUT2D eigenvalue weighted by Gasteiger charge is 2.43. The van der Waals surface area contributed by atoms with Gasteiger partial charge >= 0.3 is 0 Å². The normalized spacial score (nSPS) is 18.2. The van der Waals surface area contributed by atoms with E-state index in [9.17, 15) is 10.4 Å². The van der Waals surface area contributed by atoms with Crippen LogP contribution in [0, 0.1) is 16.7 Å². The van der Waals surface area contributed by atoms with E-state index < -0.39 is 11.0 Å². The zero-order valence-corrected chi connectivity index (χ0v) is 11.4. The van der Waals surface area contributed by atoms with Gasteiger partial charge in [-0.15, -0.1) is 0 Å². The monoisotopic (exact) mass is 281 g/mol. The van der Waals surface area contributed by atoms with Crippen LogP contribution in [0.5, 0.6) is 0 Å². The van der Waals surface area contributed by atoms with Crippen molar-refractivity contribution in [1.82, 2.24) is 0 Å². The lowest BCUT2D eigenvalue weighted by molar-refractivity contribution is -0.0380. The summed E-state index contributed by atoms with van der Waals surface area (Å²) in [7, 11) is 0. The third-order valence-corrected chi connectivity index (χ3v) is 3.91. The van der Waals surface area contributed by atoms with Gasteiger partial charge in [0.2, 0.25) is 0 Å². The molecule has 0 aromatic heterocycles. The van der Waals surface area contributed by atoms with Crippen LogP contribution in [-0.2, 0) is 5.60 Å². The molecule has 1 aromatic carbocycles. The number of aliphatic hydroxyl groups is 1. The van der Waals surface area contributed by atoms with Gasteiger partial charge < -0.3 is 5.11 Å². The van der Waals surface area contributed by atoms with Gasteiger partial charge in [0.15, 0.2) is 0 Å². The van der Waals surface area contributed by atoms with Crippen molar-refractivity contribution in [2.75, 3.05) is 0 Å². The maximum atomic E-state index is 10.6. The first-order chi connectivity index (χ1) is 7.37. The number of halogens is 1. The minimum absolute atomic E-state index is 0.600. The number of hydrogen-bond acceptors (Lipinski definition) is 2. The van der Waals surface area contributed by atoms with Crippen molar-refractivity contribution >= 4 is 15.9 Å². The largest absolute Gasteiger partial charge is 0.384 e. The van der Waals surface area contributed by atoms with Gasteiger partial charge in [-0.05, 0) is 38.0 Å². The van der Waals surface area contributed by atoms with Crippen LogP contribution in [0.1, 0.15) is 32.8 Å². The lowest BCUT2D eigenvalue weighted by atomic mass is 9.70. The minimum Gasteiger partial charge on any atom is -0.384 e.